The minimum absolute atomic E-state index is 0.00454. The van der Waals surface area contributed by atoms with E-state index in [9.17, 15) is 30.7 Å². The topological polar surface area (TPSA) is 165 Å². The minimum atomic E-state index is -5.00. The molecule has 0 bridgehead atoms. The molecule has 206 valence electrons. The van der Waals surface area contributed by atoms with Crippen molar-refractivity contribution in [1.29, 1.82) is 0 Å². The first-order chi connectivity index (χ1) is 19.0. The van der Waals surface area contributed by atoms with Gasteiger partial charge in [-0.05, 0) is 59.7 Å². The summed E-state index contributed by atoms with van der Waals surface area (Å²) in [7, 11) is -9.93. The van der Waals surface area contributed by atoms with E-state index in [1.165, 1.54) is 36.4 Å². The van der Waals surface area contributed by atoms with Gasteiger partial charge in [-0.3, -0.25) is 4.79 Å². The average molecular weight is 579 g/mol. The lowest BCUT2D eigenvalue weighted by atomic mass is 10.1. The summed E-state index contributed by atoms with van der Waals surface area (Å²) in [6.07, 6.45) is 2.41. The zero-order valence-corrected chi connectivity index (χ0v) is 22.3. The van der Waals surface area contributed by atoms with Crippen molar-refractivity contribution >= 4 is 49.7 Å². The van der Waals surface area contributed by atoms with Crippen LogP contribution in [0.3, 0.4) is 0 Å². The monoisotopic (exact) mass is 578 g/mol. The van der Waals surface area contributed by atoms with E-state index in [4.69, 9.17) is 4.74 Å². The third-order valence-corrected chi connectivity index (χ3v) is 7.34. The van der Waals surface area contributed by atoms with E-state index in [0.717, 1.165) is 12.1 Å². The smallest absolute Gasteiger partial charge is 0.255 e. The Hall–Kier alpha value is -4.49. The molecule has 10 nitrogen and oxygen atoms in total. The summed E-state index contributed by atoms with van der Waals surface area (Å²) in [5.74, 6) is 0.0762. The van der Waals surface area contributed by atoms with Gasteiger partial charge < -0.3 is 24.5 Å². The number of amides is 1. The molecule has 0 saturated heterocycles. The molecule has 0 aliphatic rings. The average Bonchev–Trinajstić information content (AvgIpc) is 2.92. The molecular formula is C28H22N2O8S2-2. The summed E-state index contributed by atoms with van der Waals surface area (Å²) in [4.78, 5) is 11.2. The summed E-state index contributed by atoms with van der Waals surface area (Å²) < 4.78 is 77.4. The summed E-state index contributed by atoms with van der Waals surface area (Å²) >= 11 is 0. The first-order valence-electron chi connectivity index (χ1n) is 11.7. The Morgan fingerprint density at radius 1 is 0.700 bits per heavy atom. The number of carbonyl (C=O) groups excluding carboxylic acids is 1. The van der Waals surface area contributed by atoms with Gasteiger partial charge in [0, 0.05) is 16.9 Å². The van der Waals surface area contributed by atoms with E-state index in [2.05, 4.69) is 10.6 Å². The first kappa shape index (κ1) is 28.5. The number of rotatable bonds is 10. The van der Waals surface area contributed by atoms with Gasteiger partial charge in [-0.15, -0.1) is 0 Å². The van der Waals surface area contributed by atoms with Gasteiger partial charge in [0.1, 0.15) is 26.0 Å². The normalized spacial score (nSPS) is 11.8. The Morgan fingerprint density at radius 3 is 1.75 bits per heavy atom. The standard InChI is InChI=1S/C28H24N2O8S2/c31-28(22-7-3-1-4-8-22)30-24-16-14-21(27(18-24)40(35,36)37)12-11-20-13-15-23(17-26(20)39(32,33)34)29-19-38-25-9-5-2-6-10-25/h1-18,29H,19H2,(H,30,31)(H,32,33,34)(H,35,36,37)/p-2. The second-order valence-electron chi connectivity index (χ2n) is 8.35. The Kier molecular flexibility index (Phi) is 8.65. The molecule has 0 aliphatic carbocycles. The maximum atomic E-state index is 12.4. The van der Waals surface area contributed by atoms with Crippen molar-refractivity contribution in [2.24, 2.45) is 0 Å². The maximum Gasteiger partial charge on any atom is 0.255 e. The molecule has 1 amide bonds. The number of para-hydroxylation sites is 1. The fraction of sp³-hybridized carbons (Fsp3) is 0.0357. The van der Waals surface area contributed by atoms with Crippen molar-refractivity contribution in [3.8, 4) is 5.75 Å². The quantitative estimate of drug-likeness (QED) is 0.158. The zero-order valence-electron chi connectivity index (χ0n) is 20.7. The van der Waals surface area contributed by atoms with Crippen LogP contribution < -0.4 is 15.4 Å². The lowest BCUT2D eigenvalue weighted by molar-refractivity contribution is 0.102. The summed E-state index contributed by atoms with van der Waals surface area (Å²) in [6.45, 7) is -0.00454. The molecule has 2 N–H and O–H groups in total. The number of carbonyl (C=O) groups is 1. The van der Waals surface area contributed by atoms with E-state index in [1.54, 1.807) is 54.6 Å². The van der Waals surface area contributed by atoms with Crippen LogP contribution in [0, 0.1) is 0 Å². The molecule has 12 heteroatoms. The van der Waals surface area contributed by atoms with Crippen molar-refractivity contribution in [2.75, 3.05) is 17.4 Å². The second-order valence-corrected chi connectivity index (χ2v) is 11.0. The van der Waals surface area contributed by atoms with Crippen LogP contribution in [0.1, 0.15) is 21.5 Å². The molecule has 0 saturated carbocycles. The summed E-state index contributed by atoms with van der Waals surface area (Å²) in [6, 6.07) is 24.7. The second kappa shape index (κ2) is 12.1. The Labute approximate surface area is 231 Å². The van der Waals surface area contributed by atoms with Crippen LogP contribution in [0.15, 0.2) is 107 Å². The fourth-order valence-corrected chi connectivity index (χ4v) is 5.05. The highest BCUT2D eigenvalue weighted by molar-refractivity contribution is 7.86. The van der Waals surface area contributed by atoms with Gasteiger partial charge in [0.25, 0.3) is 5.91 Å². The van der Waals surface area contributed by atoms with Gasteiger partial charge in [0.2, 0.25) is 0 Å². The molecule has 0 spiro atoms. The molecule has 4 rings (SSSR count). The van der Waals surface area contributed by atoms with Gasteiger partial charge in [0.15, 0.2) is 6.73 Å². The number of hydrogen-bond donors (Lipinski definition) is 2. The van der Waals surface area contributed by atoms with Crippen molar-refractivity contribution in [1.82, 2.24) is 0 Å². The molecule has 40 heavy (non-hydrogen) atoms. The maximum absolute atomic E-state index is 12.4. The lowest BCUT2D eigenvalue weighted by Gasteiger charge is -2.15. The molecule has 0 fully saturated rings. The van der Waals surface area contributed by atoms with E-state index >= 15 is 0 Å². The van der Waals surface area contributed by atoms with Crippen LogP contribution >= 0.6 is 0 Å². The number of anilines is 2. The van der Waals surface area contributed by atoms with Crippen LogP contribution in [0.2, 0.25) is 0 Å². The molecule has 4 aromatic rings. The van der Waals surface area contributed by atoms with E-state index in [0.29, 0.717) is 17.0 Å². The lowest BCUT2D eigenvalue weighted by Crippen LogP contribution is -2.12. The molecule has 0 aliphatic heterocycles. The summed E-state index contributed by atoms with van der Waals surface area (Å²) in [5, 5.41) is 5.39. The third kappa shape index (κ3) is 7.55. The van der Waals surface area contributed by atoms with E-state index < -0.39 is 35.9 Å². The fourth-order valence-electron chi connectivity index (χ4n) is 3.66. The van der Waals surface area contributed by atoms with Gasteiger partial charge in [0.05, 0.1) is 9.79 Å². The van der Waals surface area contributed by atoms with Crippen LogP contribution in [0.5, 0.6) is 5.75 Å². The molecular weight excluding hydrogens is 556 g/mol. The summed E-state index contributed by atoms with van der Waals surface area (Å²) in [5.41, 5.74) is 0.592. The highest BCUT2D eigenvalue weighted by Gasteiger charge is 2.13. The van der Waals surface area contributed by atoms with Crippen molar-refractivity contribution in [2.45, 2.75) is 9.79 Å². The van der Waals surface area contributed by atoms with Gasteiger partial charge in [-0.1, -0.05) is 60.7 Å². The molecule has 0 unspecified atom stereocenters. The molecule has 0 aromatic heterocycles. The molecule has 0 atom stereocenters. The third-order valence-electron chi connectivity index (χ3n) is 5.56. The van der Waals surface area contributed by atoms with Gasteiger partial charge >= 0.3 is 0 Å². The Bertz CT molecular complexity index is 1760. The van der Waals surface area contributed by atoms with Crippen LogP contribution in [-0.4, -0.2) is 38.6 Å². The molecule has 0 heterocycles. The van der Waals surface area contributed by atoms with Crippen molar-refractivity contribution in [3.63, 3.8) is 0 Å². The SMILES string of the molecule is O=C(Nc1ccc(C=Cc2ccc(NCOc3ccccc3)cc2S(=O)(=O)[O-])c(S(=O)(=O)[O-])c1)c1ccccc1. The Balaban J connectivity index is 1.58. The zero-order chi connectivity index (χ0) is 28.8. The van der Waals surface area contributed by atoms with E-state index in [-0.39, 0.29) is 23.5 Å². The molecule has 4 aromatic carbocycles. The minimum Gasteiger partial charge on any atom is -0.744 e. The number of hydrogen-bond acceptors (Lipinski definition) is 9. The Morgan fingerprint density at radius 2 is 1.20 bits per heavy atom. The molecule has 0 radical (unpaired) electrons. The van der Waals surface area contributed by atoms with Crippen molar-refractivity contribution in [3.05, 3.63) is 114 Å². The highest BCUT2D eigenvalue weighted by atomic mass is 32.2. The van der Waals surface area contributed by atoms with Crippen molar-refractivity contribution < 1.29 is 35.5 Å². The largest absolute Gasteiger partial charge is 0.744 e. The predicted octanol–water partition coefficient (Wildman–Crippen LogP) is 4.37. The number of ether oxygens (including phenoxy) is 1. The van der Waals surface area contributed by atoms with Crippen LogP contribution in [0.4, 0.5) is 11.4 Å². The number of benzene rings is 4. The predicted molar refractivity (Wildman–Crippen MR) is 148 cm³/mol. The van der Waals surface area contributed by atoms with Gasteiger partial charge in [-0.25, -0.2) is 16.8 Å². The first-order valence-corrected chi connectivity index (χ1v) is 14.5. The van der Waals surface area contributed by atoms with E-state index in [1.807, 2.05) is 6.07 Å². The highest BCUT2D eigenvalue weighted by Crippen LogP contribution is 2.26. The van der Waals surface area contributed by atoms with Crippen LogP contribution in [0.25, 0.3) is 12.2 Å². The van der Waals surface area contributed by atoms with Gasteiger partial charge in [-0.2, -0.15) is 0 Å². The van der Waals surface area contributed by atoms with Crippen LogP contribution in [-0.2, 0) is 20.2 Å². The number of nitrogens with one attached hydrogen (secondary N) is 2.